The molecule has 1 aromatic heterocycles. The molecule has 7 nitrogen and oxygen atoms in total. The van der Waals surface area contributed by atoms with Crippen LogP contribution in [0, 0.1) is 0 Å². The van der Waals surface area contributed by atoms with Gasteiger partial charge in [-0.1, -0.05) is 0 Å². The van der Waals surface area contributed by atoms with Gasteiger partial charge in [0.2, 0.25) is 0 Å². The number of aromatic nitrogens is 1. The highest BCUT2D eigenvalue weighted by Crippen LogP contribution is 2.45. The summed E-state index contributed by atoms with van der Waals surface area (Å²) in [5, 5.41) is 0. The van der Waals surface area contributed by atoms with Crippen LogP contribution in [-0.2, 0) is 16.8 Å². The fourth-order valence-corrected chi connectivity index (χ4v) is 4.19. The second kappa shape index (κ2) is 7.31. The molecule has 0 bridgehead atoms. The molecule has 1 amide bonds. The summed E-state index contributed by atoms with van der Waals surface area (Å²) in [6.45, 7) is 1.91. The Labute approximate surface area is 164 Å². The minimum Gasteiger partial charge on any atom is -0.493 e. The number of piperidine rings is 1. The Kier molecular flexibility index (Phi) is 4.85. The molecule has 28 heavy (non-hydrogen) atoms. The second-order valence-electron chi connectivity index (χ2n) is 7.22. The van der Waals surface area contributed by atoms with E-state index in [1.54, 1.807) is 26.4 Å². The van der Waals surface area contributed by atoms with Gasteiger partial charge in [-0.25, -0.2) is 4.98 Å². The van der Waals surface area contributed by atoms with Gasteiger partial charge >= 0.3 is 0 Å². The number of nitrogens with two attached hydrogens (primary N) is 1. The van der Waals surface area contributed by atoms with Crippen LogP contribution in [0.25, 0.3) is 0 Å². The van der Waals surface area contributed by atoms with Crippen molar-refractivity contribution >= 4 is 11.7 Å². The van der Waals surface area contributed by atoms with Crippen LogP contribution in [0.1, 0.15) is 34.3 Å². The van der Waals surface area contributed by atoms with Crippen LogP contribution < -0.4 is 15.2 Å². The molecule has 1 saturated heterocycles. The number of pyridine rings is 1. The van der Waals surface area contributed by atoms with Gasteiger partial charge in [0.15, 0.2) is 11.5 Å². The Morgan fingerprint density at radius 2 is 1.89 bits per heavy atom. The first kappa shape index (κ1) is 18.6. The maximum absolute atomic E-state index is 12.8. The van der Waals surface area contributed by atoms with Crippen molar-refractivity contribution in [1.82, 2.24) is 9.88 Å². The van der Waals surface area contributed by atoms with Crippen molar-refractivity contribution in [2.75, 3.05) is 39.6 Å². The molecule has 7 heteroatoms. The lowest BCUT2D eigenvalue weighted by Crippen LogP contribution is -2.48. The third-order valence-corrected chi connectivity index (χ3v) is 5.74. The van der Waals surface area contributed by atoms with E-state index < -0.39 is 0 Å². The summed E-state index contributed by atoms with van der Waals surface area (Å²) in [5.41, 5.74) is 8.17. The molecule has 2 aromatic rings. The lowest BCUT2D eigenvalue weighted by Gasteiger charge is -2.45. The Morgan fingerprint density at radius 1 is 1.18 bits per heavy atom. The summed E-state index contributed by atoms with van der Waals surface area (Å²) in [5.74, 6) is 1.83. The van der Waals surface area contributed by atoms with Crippen LogP contribution in [0.5, 0.6) is 11.5 Å². The summed E-state index contributed by atoms with van der Waals surface area (Å²) in [7, 11) is 3.29. The number of benzene rings is 1. The van der Waals surface area contributed by atoms with Crippen molar-refractivity contribution in [2.24, 2.45) is 0 Å². The van der Waals surface area contributed by atoms with E-state index in [4.69, 9.17) is 19.9 Å². The number of carbonyl (C=O) groups is 1. The molecular weight excluding hydrogens is 358 g/mol. The van der Waals surface area contributed by atoms with Gasteiger partial charge in [-0.15, -0.1) is 0 Å². The third kappa shape index (κ3) is 3.16. The Hall–Kier alpha value is -2.80. The predicted molar refractivity (Wildman–Crippen MR) is 105 cm³/mol. The molecule has 2 aliphatic rings. The van der Waals surface area contributed by atoms with Crippen molar-refractivity contribution in [1.29, 1.82) is 0 Å². The van der Waals surface area contributed by atoms with E-state index in [2.05, 4.69) is 11.1 Å². The first-order valence-electron chi connectivity index (χ1n) is 9.46. The van der Waals surface area contributed by atoms with E-state index in [-0.39, 0.29) is 11.5 Å². The molecule has 148 valence electrons. The molecule has 0 aliphatic carbocycles. The molecule has 0 atom stereocenters. The number of hydrogen-bond acceptors (Lipinski definition) is 6. The molecule has 2 aliphatic heterocycles. The number of likely N-dealkylation sites (tertiary alicyclic amines) is 1. The topological polar surface area (TPSA) is 86.9 Å². The first-order chi connectivity index (χ1) is 13.6. The summed E-state index contributed by atoms with van der Waals surface area (Å²) in [6.07, 6.45) is 3.86. The SMILES string of the molecule is COc1cc2c(cc1OC)C1(CCN(C(=O)c3ccc(N)nc3)CC1)OCC2. The first-order valence-corrected chi connectivity index (χ1v) is 9.46. The van der Waals surface area contributed by atoms with Gasteiger partial charge in [0.05, 0.1) is 32.0 Å². The largest absolute Gasteiger partial charge is 0.493 e. The van der Waals surface area contributed by atoms with E-state index in [9.17, 15) is 4.79 Å². The molecule has 0 saturated carbocycles. The minimum atomic E-state index is -0.386. The molecule has 3 heterocycles. The highest BCUT2D eigenvalue weighted by molar-refractivity contribution is 5.94. The number of amides is 1. The van der Waals surface area contributed by atoms with E-state index in [0.717, 1.165) is 30.6 Å². The van der Waals surface area contributed by atoms with Crippen LogP contribution in [0.3, 0.4) is 0 Å². The van der Waals surface area contributed by atoms with Gasteiger partial charge in [0.1, 0.15) is 5.82 Å². The minimum absolute atomic E-state index is 0.0225. The molecule has 4 rings (SSSR count). The van der Waals surface area contributed by atoms with Gasteiger partial charge in [-0.3, -0.25) is 4.79 Å². The maximum Gasteiger partial charge on any atom is 0.255 e. The zero-order valence-electron chi connectivity index (χ0n) is 16.2. The van der Waals surface area contributed by atoms with Crippen molar-refractivity contribution in [3.8, 4) is 11.5 Å². The van der Waals surface area contributed by atoms with Crippen molar-refractivity contribution in [2.45, 2.75) is 24.9 Å². The number of carbonyl (C=O) groups excluding carboxylic acids is 1. The average molecular weight is 383 g/mol. The number of anilines is 1. The molecule has 0 radical (unpaired) electrons. The van der Waals surface area contributed by atoms with Gasteiger partial charge in [-0.2, -0.15) is 0 Å². The highest BCUT2D eigenvalue weighted by atomic mass is 16.5. The molecule has 1 aromatic carbocycles. The number of nitrogen functional groups attached to an aromatic ring is 1. The molecule has 1 fully saturated rings. The molecular formula is C21H25N3O4. The number of rotatable bonds is 3. The van der Waals surface area contributed by atoms with E-state index in [1.165, 1.54) is 11.8 Å². The number of hydrogen-bond donors (Lipinski definition) is 1. The van der Waals surface area contributed by atoms with Crippen LogP contribution in [-0.4, -0.2) is 49.7 Å². The van der Waals surface area contributed by atoms with Crippen LogP contribution >= 0.6 is 0 Å². The standard InChI is InChI=1S/C21H25N3O4/c1-26-17-11-14-5-10-28-21(16(14)12-18(17)27-2)6-8-24(9-7-21)20(25)15-3-4-19(22)23-13-15/h3-4,11-13H,5-10H2,1-2H3,(H2,22,23). The smallest absolute Gasteiger partial charge is 0.255 e. The number of nitrogens with zero attached hydrogens (tertiary/aromatic N) is 2. The number of methoxy groups -OCH3 is 2. The van der Waals surface area contributed by atoms with Gasteiger partial charge < -0.3 is 24.8 Å². The predicted octanol–water partition coefficient (Wildman–Crippen LogP) is 2.39. The van der Waals surface area contributed by atoms with Crippen LogP contribution in [0.15, 0.2) is 30.5 Å². The van der Waals surface area contributed by atoms with Gasteiger partial charge in [0, 0.05) is 19.3 Å². The Balaban J connectivity index is 1.56. The molecule has 2 N–H and O–H groups in total. The molecule has 0 unspecified atom stereocenters. The summed E-state index contributed by atoms with van der Waals surface area (Å²) in [4.78, 5) is 18.7. The zero-order valence-corrected chi connectivity index (χ0v) is 16.2. The van der Waals surface area contributed by atoms with Crippen molar-refractivity contribution < 1.29 is 19.0 Å². The van der Waals surface area contributed by atoms with Crippen molar-refractivity contribution in [3.05, 3.63) is 47.2 Å². The van der Waals surface area contributed by atoms with Crippen LogP contribution in [0.2, 0.25) is 0 Å². The zero-order chi connectivity index (χ0) is 19.7. The second-order valence-corrected chi connectivity index (χ2v) is 7.22. The summed E-state index contributed by atoms with van der Waals surface area (Å²) < 4.78 is 17.2. The fraction of sp³-hybridized carbons (Fsp3) is 0.429. The van der Waals surface area contributed by atoms with E-state index in [0.29, 0.717) is 36.8 Å². The summed E-state index contributed by atoms with van der Waals surface area (Å²) in [6, 6.07) is 7.46. The fourth-order valence-electron chi connectivity index (χ4n) is 4.19. The monoisotopic (exact) mass is 383 g/mol. The summed E-state index contributed by atoms with van der Waals surface area (Å²) >= 11 is 0. The third-order valence-electron chi connectivity index (χ3n) is 5.74. The number of ether oxygens (including phenoxy) is 3. The quantitative estimate of drug-likeness (QED) is 0.876. The average Bonchev–Trinajstić information content (AvgIpc) is 2.74. The number of fused-ring (bicyclic) bond motifs is 2. The van der Waals surface area contributed by atoms with E-state index in [1.807, 2.05) is 11.0 Å². The highest BCUT2D eigenvalue weighted by Gasteiger charge is 2.42. The lowest BCUT2D eigenvalue weighted by atomic mass is 9.79. The van der Waals surface area contributed by atoms with Gasteiger partial charge in [0.25, 0.3) is 5.91 Å². The van der Waals surface area contributed by atoms with E-state index >= 15 is 0 Å². The van der Waals surface area contributed by atoms with Crippen molar-refractivity contribution in [3.63, 3.8) is 0 Å². The maximum atomic E-state index is 12.8. The lowest BCUT2D eigenvalue weighted by molar-refractivity contribution is -0.0936. The van der Waals surface area contributed by atoms with Crippen LogP contribution in [0.4, 0.5) is 5.82 Å². The Bertz CT molecular complexity index is 874. The Morgan fingerprint density at radius 3 is 2.54 bits per heavy atom. The molecule has 1 spiro atoms. The van der Waals surface area contributed by atoms with Gasteiger partial charge in [-0.05, 0) is 54.7 Å². The normalized spacial score (nSPS) is 17.9.